The van der Waals surface area contributed by atoms with Gasteiger partial charge in [0.15, 0.2) is 0 Å². The fourth-order valence-electron chi connectivity index (χ4n) is 2.47. The second-order valence-corrected chi connectivity index (χ2v) is 6.34. The largest absolute Gasteiger partial charge is 0.356 e. The minimum absolute atomic E-state index is 0.144. The van der Waals surface area contributed by atoms with Crippen molar-refractivity contribution in [3.05, 3.63) is 39.3 Å². The Morgan fingerprint density at radius 3 is 2.81 bits per heavy atom. The number of amides is 1. The van der Waals surface area contributed by atoms with Crippen molar-refractivity contribution in [1.29, 1.82) is 0 Å². The molecule has 4 nitrogen and oxygen atoms in total. The summed E-state index contributed by atoms with van der Waals surface area (Å²) in [5.74, 6) is 0.144. The van der Waals surface area contributed by atoms with E-state index in [0.29, 0.717) is 13.0 Å². The van der Waals surface area contributed by atoms with Gasteiger partial charge in [-0.05, 0) is 50.1 Å². The van der Waals surface area contributed by atoms with Crippen molar-refractivity contribution in [1.82, 2.24) is 15.1 Å². The Morgan fingerprint density at radius 2 is 2.19 bits per heavy atom. The molecule has 1 amide bonds. The van der Waals surface area contributed by atoms with Crippen LogP contribution in [-0.4, -0.2) is 22.2 Å². The second-order valence-electron chi connectivity index (χ2n) is 5.31. The maximum absolute atomic E-state index is 11.8. The van der Waals surface area contributed by atoms with E-state index in [1.54, 1.807) is 11.3 Å². The fraction of sp³-hybridized carbons (Fsp3) is 0.500. The third-order valence-electron chi connectivity index (χ3n) is 3.76. The number of aryl methyl sites for hydroxylation is 3. The average Bonchev–Trinajstić information content (AvgIpc) is 3.03. The zero-order valence-electron chi connectivity index (χ0n) is 13.0. The van der Waals surface area contributed by atoms with Crippen molar-refractivity contribution < 1.29 is 4.79 Å². The van der Waals surface area contributed by atoms with E-state index < -0.39 is 0 Å². The summed E-state index contributed by atoms with van der Waals surface area (Å²) in [5, 5.41) is 9.47. The van der Waals surface area contributed by atoms with Gasteiger partial charge in [-0.15, -0.1) is 11.3 Å². The molecule has 114 valence electrons. The van der Waals surface area contributed by atoms with E-state index in [2.05, 4.69) is 34.9 Å². The van der Waals surface area contributed by atoms with Crippen LogP contribution in [0.4, 0.5) is 0 Å². The Morgan fingerprint density at radius 1 is 1.38 bits per heavy atom. The number of hydrogen-bond acceptors (Lipinski definition) is 3. The van der Waals surface area contributed by atoms with Crippen LogP contribution >= 0.6 is 11.3 Å². The molecule has 0 atom stereocenters. The number of thiophene rings is 1. The highest BCUT2D eigenvalue weighted by Crippen LogP contribution is 2.13. The molecule has 0 fully saturated rings. The minimum atomic E-state index is 0.144. The summed E-state index contributed by atoms with van der Waals surface area (Å²) in [6, 6.07) is 4.18. The molecule has 2 rings (SSSR count). The van der Waals surface area contributed by atoms with Gasteiger partial charge in [0.05, 0.1) is 5.69 Å². The first-order valence-corrected chi connectivity index (χ1v) is 8.24. The number of nitrogens with zero attached hydrogens (tertiary/aromatic N) is 2. The van der Waals surface area contributed by atoms with Crippen LogP contribution < -0.4 is 5.32 Å². The monoisotopic (exact) mass is 305 g/mol. The molecule has 0 aliphatic carbocycles. The molecule has 5 heteroatoms. The van der Waals surface area contributed by atoms with Gasteiger partial charge in [0.25, 0.3) is 0 Å². The van der Waals surface area contributed by atoms with Gasteiger partial charge in [-0.3, -0.25) is 9.48 Å². The molecule has 0 aliphatic rings. The molecule has 1 N–H and O–H groups in total. The molecule has 0 spiro atoms. The number of hydrogen-bond donors (Lipinski definition) is 1. The SMILES string of the molecule is Cc1nn(C)c(C)c1CCNC(=O)CCCc1cccs1. The van der Waals surface area contributed by atoms with Crippen LogP contribution in [0.2, 0.25) is 0 Å². The number of carbonyl (C=O) groups excluding carboxylic acids is 1. The summed E-state index contributed by atoms with van der Waals surface area (Å²) in [5.41, 5.74) is 3.48. The van der Waals surface area contributed by atoms with Gasteiger partial charge < -0.3 is 5.32 Å². The van der Waals surface area contributed by atoms with Crippen LogP contribution in [0.15, 0.2) is 17.5 Å². The van der Waals surface area contributed by atoms with Crippen LogP contribution in [0, 0.1) is 13.8 Å². The molecule has 21 heavy (non-hydrogen) atoms. The van der Waals surface area contributed by atoms with Gasteiger partial charge in [-0.25, -0.2) is 0 Å². The highest BCUT2D eigenvalue weighted by Gasteiger charge is 2.09. The third-order valence-corrected chi connectivity index (χ3v) is 4.70. The summed E-state index contributed by atoms with van der Waals surface area (Å²) >= 11 is 1.75. The predicted octanol–water partition coefficient (Wildman–Crippen LogP) is 2.78. The van der Waals surface area contributed by atoms with Crippen LogP contribution in [0.5, 0.6) is 0 Å². The quantitative estimate of drug-likeness (QED) is 0.855. The molecule has 0 radical (unpaired) electrons. The van der Waals surface area contributed by atoms with Crippen LogP contribution in [0.3, 0.4) is 0 Å². The van der Waals surface area contributed by atoms with E-state index >= 15 is 0 Å². The Bertz CT molecular complexity index is 587. The molecule has 0 saturated carbocycles. The first kappa shape index (κ1) is 15.8. The summed E-state index contributed by atoms with van der Waals surface area (Å²) < 4.78 is 1.90. The lowest BCUT2D eigenvalue weighted by Gasteiger charge is -2.05. The summed E-state index contributed by atoms with van der Waals surface area (Å²) in [6.45, 7) is 4.77. The van der Waals surface area contributed by atoms with Crippen molar-refractivity contribution in [2.45, 2.75) is 39.5 Å². The smallest absolute Gasteiger partial charge is 0.220 e. The highest BCUT2D eigenvalue weighted by molar-refractivity contribution is 7.09. The van der Waals surface area contributed by atoms with Gasteiger partial charge in [-0.2, -0.15) is 5.10 Å². The van der Waals surface area contributed by atoms with Crippen molar-refractivity contribution >= 4 is 17.2 Å². The average molecular weight is 305 g/mol. The van der Waals surface area contributed by atoms with Crippen LogP contribution in [0.1, 0.15) is 34.7 Å². The summed E-state index contributed by atoms with van der Waals surface area (Å²) in [4.78, 5) is 13.2. The number of aromatic nitrogens is 2. The van der Waals surface area contributed by atoms with E-state index in [9.17, 15) is 4.79 Å². The van der Waals surface area contributed by atoms with Crippen LogP contribution in [-0.2, 0) is 24.7 Å². The number of carbonyl (C=O) groups is 1. The maximum Gasteiger partial charge on any atom is 0.220 e. The van der Waals surface area contributed by atoms with Crippen LogP contribution in [0.25, 0.3) is 0 Å². The summed E-state index contributed by atoms with van der Waals surface area (Å²) in [7, 11) is 1.95. The van der Waals surface area contributed by atoms with Gasteiger partial charge in [0.2, 0.25) is 5.91 Å². The predicted molar refractivity (Wildman–Crippen MR) is 86.7 cm³/mol. The third kappa shape index (κ3) is 4.43. The van der Waals surface area contributed by atoms with E-state index in [4.69, 9.17) is 0 Å². The molecule has 2 aromatic heterocycles. The zero-order chi connectivity index (χ0) is 15.2. The first-order valence-electron chi connectivity index (χ1n) is 7.36. The molecular formula is C16H23N3OS. The second kappa shape index (κ2) is 7.41. The van der Waals surface area contributed by atoms with Gasteiger partial charge in [0.1, 0.15) is 0 Å². The summed E-state index contributed by atoms with van der Waals surface area (Å²) in [6.07, 6.45) is 3.36. The number of rotatable bonds is 7. The molecule has 0 bridgehead atoms. The molecule has 0 unspecified atom stereocenters. The molecule has 0 aliphatic heterocycles. The van der Waals surface area contributed by atoms with E-state index in [0.717, 1.165) is 25.0 Å². The maximum atomic E-state index is 11.8. The van der Waals surface area contributed by atoms with Crippen molar-refractivity contribution in [3.63, 3.8) is 0 Å². The van der Waals surface area contributed by atoms with Gasteiger partial charge >= 0.3 is 0 Å². The lowest BCUT2D eigenvalue weighted by Crippen LogP contribution is -2.25. The minimum Gasteiger partial charge on any atom is -0.356 e. The zero-order valence-corrected chi connectivity index (χ0v) is 13.8. The molecule has 2 heterocycles. The van der Waals surface area contributed by atoms with Gasteiger partial charge in [-0.1, -0.05) is 6.07 Å². The van der Waals surface area contributed by atoms with E-state index in [-0.39, 0.29) is 5.91 Å². The molecular weight excluding hydrogens is 282 g/mol. The molecule has 2 aromatic rings. The van der Waals surface area contributed by atoms with Crippen molar-refractivity contribution in [2.75, 3.05) is 6.54 Å². The Balaban J connectivity index is 1.67. The standard InChI is InChI=1S/C16H23N3OS/c1-12-15(13(2)19(3)18-12)9-10-17-16(20)8-4-6-14-7-5-11-21-14/h5,7,11H,4,6,8-10H2,1-3H3,(H,17,20). The lowest BCUT2D eigenvalue weighted by atomic mass is 10.1. The molecule has 0 saturated heterocycles. The van der Waals surface area contributed by atoms with E-state index in [1.165, 1.54) is 16.1 Å². The fourth-order valence-corrected chi connectivity index (χ4v) is 3.22. The highest BCUT2D eigenvalue weighted by atomic mass is 32.1. The van der Waals surface area contributed by atoms with E-state index in [1.807, 2.05) is 18.7 Å². The number of nitrogens with one attached hydrogen (secondary N) is 1. The first-order chi connectivity index (χ1) is 10.1. The lowest BCUT2D eigenvalue weighted by molar-refractivity contribution is -0.121. The topological polar surface area (TPSA) is 46.9 Å². The Kier molecular flexibility index (Phi) is 5.56. The van der Waals surface area contributed by atoms with Crippen molar-refractivity contribution in [3.8, 4) is 0 Å². The Hall–Kier alpha value is -1.62. The normalized spacial score (nSPS) is 10.8. The van der Waals surface area contributed by atoms with Gasteiger partial charge in [0, 0.05) is 30.6 Å². The molecule has 0 aromatic carbocycles. The van der Waals surface area contributed by atoms with Crippen molar-refractivity contribution in [2.24, 2.45) is 7.05 Å². The Labute approximate surface area is 130 Å².